The number of aliphatic hydroxyl groups is 3. The van der Waals surface area contributed by atoms with E-state index in [-0.39, 0.29) is 19.4 Å². The highest BCUT2D eigenvalue weighted by molar-refractivity contribution is 7.85. The number of ether oxygens (including phenoxy) is 4. The number of allylic oxidation sites excluding steroid dienone is 10. The highest BCUT2D eigenvalue weighted by atomic mass is 32.2. The van der Waals surface area contributed by atoms with Crippen LogP contribution in [0, 0.1) is 0 Å². The topological polar surface area (TPSA) is 186 Å². The largest absolute Gasteiger partial charge is 0.462 e. The van der Waals surface area contributed by atoms with E-state index in [0.29, 0.717) is 19.3 Å². The minimum atomic E-state index is -4.60. The summed E-state index contributed by atoms with van der Waals surface area (Å²) in [4.78, 5) is 25.1. The lowest BCUT2D eigenvalue weighted by molar-refractivity contribution is -0.297. The van der Waals surface area contributed by atoms with Gasteiger partial charge in [-0.05, 0) is 51.4 Å². The van der Waals surface area contributed by atoms with Gasteiger partial charge in [-0.25, -0.2) is 0 Å². The van der Waals surface area contributed by atoms with E-state index >= 15 is 0 Å². The van der Waals surface area contributed by atoms with Crippen LogP contribution in [0.4, 0.5) is 0 Å². The normalized spacial score (nSPS) is 21.8. The van der Waals surface area contributed by atoms with E-state index in [1.54, 1.807) is 0 Å². The summed E-state index contributed by atoms with van der Waals surface area (Å²) in [5.74, 6) is -2.07. The molecule has 0 radical (unpaired) electrons. The Bertz CT molecular complexity index is 1230. The summed E-state index contributed by atoms with van der Waals surface area (Å²) >= 11 is 0. The molecule has 1 saturated heterocycles. The Kier molecular flexibility index (Phi) is 28.0. The number of carbonyl (C=O) groups excluding carboxylic acids is 2. The van der Waals surface area contributed by atoms with Crippen molar-refractivity contribution in [2.45, 2.75) is 160 Å². The van der Waals surface area contributed by atoms with Crippen LogP contribution in [0.15, 0.2) is 60.8 Å². The van der Waals surface area contributed by atoms with Crippen molar-refractivity contribution in [3.63, 3.8) is 0 Å². The third-order valence-electron chi connectivity index (χ3n) is 8.36. The second kappa shape index (κ2) is 30.7. The van der Waals surface area contributed by atoms with Crippen LogP contribution in [0.1, 0.15) is 123 Å². The van der Waals surface area contributed by atoms with Crippen molar-refractivity contribution < 1.29 is 56.8 Å². The molecule has 0 saturated carbocycles. The van der Waals surface area contributed by atoms with Gasteiger partial charge < -0.3 is 34.3 Å². The zero-order chi connectivity index (χ0) is 39.2. The van der Waals surface area contributed by atoms with Crippen LogP contribution in [-0.4, -0.2) is 96.0 Å². The van der Waals surface area contributed by atoms with Crippen LogP contribution in [0.2, 0.25) is 0 Å². The SMILES string of the molecule is CC/C=C/C/C=C/C/C=C/C/C=C/C/C=C/CCCC(=O)O[C@H](COC(=O)CCCCCCCCCC)CO[C@H]1O[C@H](CS(=O)(=O)O)[C@@H](O)C(O)C1O. The molecule has 1 fully saturated rings. The molecule has 13 heteroatoms. The molecule has 1 rings (SSSR count). The van der Waals surface area contributed by atoms with Gasteiger partial charge in [-0.3, -0.25) is 14.1 Å². The highest BCUT2D eigenvalue weighted by Crippen LogP contribution is 2.23. The van der Waals surface area contributed by atoms with Gasteiger partial charge in [0.2, 0.25) is 0 Å². The molecule has 0 spiro atoms. The Balaban J connectivity index is 2.56. The smallest absolute Gasteiger partial charge is 0.306 e. The third-order valence-corrected chi connectivity index (χ3v) is 9.11. The van der Waals surface area contributed by atoms with Crippen LogP contribution in [-0.2, 0) is 38.7 Å². The van der Waals surface area contributed by atoms with Gasteiger partial charge >= 0.3 is 11.9 Å². The molecule has 1 aliphatic heterocycles. The van der Waals surface area contributed by atoms with E-state index in [1.165, 1.54) is 25.7 Å². The van der Waals surface area contributed by atoms with E-state index in [9.17, 15) is 37.9 Å². The Hall–Kier alpha value is -2.65. The quantitative estimate of drug-likeness (QED) is 0.0266. The predicted octanol–water partition coefficient (Wildman–Crippen LogP) is 6.61. The molecule has 4 N–H and O–H groups in total. The first kappa shape index (κ1) is 48.4. The number of aliphatic hydroxyl groups excluding tert-OH is 3. The summed E-state index contributed by atoms with van der Waals surface area (Å²) in [5, 5.41) is 30.7. The van der Waals surface area contributed by atoms with Crippen LogP contribution >= 0.6 is 0 Å². The summed E-state index contributed by atoms with van der Waals surface area (Å²) in [6.45, 7) is 3.52. The molecule has 6 atom stereocenters. The van der Waals surface area contributed by atoms with E-state index in [0.717, 1.165) is 51.4 Å². The summed E-state index contributed by atoms with van der Waals surface area (Å²) < 4.78 is 53.7. The van der Waals surface area contributed by atoms with E-state index in [4.69, 9.17) is 18.9 Å². The summed E-state index contributed by atoms with van der Waals surface area (Å²) in [6.07, 6.45) is 25.9. The molecule has 0 aromatic heterocycles. The molecule has 0 amide bonds. The molecule has 0 aromatic carbocycles. The first-order valence-electron chi connectivity index (χ1n) is 19.3. The minimum absolute atomic E-state index is 0.0842. The van der Waals surface area contributed by atoms with Crippen LogP contribution in [0.25, 0.3) is 0 Å². The molecule has 304 valence electrons. The van der Waals surface area contributed by atoms with Crippen molar-refractivity contribution in [2.24, 2.45) is 0 Å². The van der Waals surface area contributed by atoms with Gasteiger partial charge in [0.15, 0.2) is 12.4 Å². The van der Waals surface area contributed by atoms with Crippen molar-refractivity contribution >= 4 is 22.1 Å². The molecule has 12 nitrogen and oxygen atoms in total. The Labute approximate surface area is 317 Å². The lowest BCUT2D eigenvalue weighted by atomic mass is 10.00. The number of hydrogen-bond acceptors (Lipinski definition) is 11. The van der Waals surface area contributed by atoms with Crippen LogP contribution in [0.3, 0.4) is 0 Å². The molecule has 53 heavy (non-hydrogen) atoms. The molecule has 0 aromatic rings. The molecule has 2 unspecified atom stereocenters. The number of esters is 2. The Morgan fingerprint density at radius 3 is 1.75 bits per heavy atom. The van der Waals surface area contributed by atoms with E-state index in [2.05, 4.69) is 62.5 Å². The fourth-order valence-electron chi connectivity index (χ4n) is 5.36. The van der Waals surface area contributed by atoms with E-state index < -0.39 is 71.2 Å². The van der Waals surface area contributed by atoms with Crippen molar-refractivity contribution in [3.05, 3.63) is 60.8 Å². The first-order chi connectivity index (χ1) is 25.5. The average molecular weight is 771 g/mol. The fourth-order valence-corrected chi connectivity index (χ4v) is 6.05. The number of unbranched alkanes of at least 4 members (excludes halogenated alkanes) is 8. The Morgan fingerprint density at radius 1 is 0.660 bits per heavy atom. The van der Waals surface area contributed by atoms with Crippen molar-refractivity contribution in [1.82, 2.24) is 0 Å². The minimum Gasteiger partial charge on any atom is -0.462 e. The maximum atomic E-state index is 12.7. The third kappa shape index (κ3) is 25.9. The van der Waals surface area contributed by atoms with Gasteiger partial charge in [0.25, 0.3) is 10.1 Å². The van der Waals surface area contributed by atoms with Gasteiger partial charge in [0, 0.05) is 12.8 Å². The summed E-state index contributed by atoms with van der Waals surface area (Å²) in [7, 11) is -4.60. The first-order valence-corrected chi connectivity index (χ1v) is 21.0. The molecule has 1 heterocycles. The van der Waals surface area contributed by atoms with Gasteiger partial charge in [0.1, 0.15) is 36.8 Å². The van der Waals surface area contributed by atoms with Gasteiger partial charge in [-0.15, -0.1) is 0 Å². The lowest BCUT2D eigenvalue weighted by Crippen LogP contribution is -2.60. The molecule has 0 bridgehead atoms. The second-order valence-electron chi connectivity index (χ2n) is 13.2. The monoisotopic (exact) mass is 770 g/mol. The van der Waals surface area contributed by atoms with Crippen molar-refractivity contribution in [2.75, 3.05) is 19.0 Å². The zero-order valence-corrected chi connectivity index (χ0v) is 32.7. The number of hydrogen-bond donors (Lipinski definition) is 4. The van der Waals surface area contributed by atoms with Crippen LogP contribution in [0.5, 0.6) is 0 Å². The number of rotatable bonds is 30. The van der Waals surface area contributed by atoms with Crippen molar-refractivity contribution in [1.29, 1.82) is 0 Å². The molecule has 0 aliphatic carbocycles. The molecular weight excluding hydrogens is 704 g/mol. The van der Waals surface area contributed by atoms with Gasteiger partial charge in [-0.1, -0.05) is 120 Å². The van der Waals surface area contributed by atoms with E-state index in [1.807, 2.05) is 12.2 Å². The summed E-state index contributed by atoms with van der Waals surface area (Å²) in [6, 6.07) is 0. The Morgan fingerprint density at radius 2 is 1.19 bits per heavy atom. The standard InChI is InChI=1S/C40H66O12S/c1-3-5-7-9-11-13-14-15-16-17-18-19-20-21-23-25-27-29-36(42)51-33(30-49-35(41)28-26-24-22-12-10-8-6-4-2)31-50-40-39(45)38(44)37(43)34(52-40)32-53(46,47)48/h5,7,11,13,15-16,18-19,21,23,33-34,37-40,43-45H,3-4,6,8-10,12,14,17,20,22,24-32H2,1-2H3,(H,46,47,48)/b7-5+,13-11+,16-15+,19-18+,23-21+/t33-,34-,37-,38?,39?,40+/m1/s1. The molecular formula is C40H66O12S. The fraction of sp³-hybridized carbons (Fsp3) is 0.700. The average Bonchev–Trinajstić information content (AvgIpc) is 3.12. The zero-order valence-electron chi connectivity index (χ0n) is 31.8. The van der Waals surface area contributed by atoms with Gasteiger partial charge in [-0.2, -0.15) is 8.42 Å². The lowest BCUT2D eigenvalue weighted by Gasteiger charge is -2.40. The highest BCUT2D eigenvalue weighted by Gasteiger charge is 2.46. The van der Waals surface area contributed by atoms with Crippen LogP contribution < -0.4 is 0 Å². The summed E-state index contributed by atoms with van der Waals surface area (Å²) in [5.41, 5.74) is 0. The van der Waals surface area contributed by atoms with Gasteiger partial charge in [0.05, 0.1) is 6.61 Å². The predicted molar refractivity (Wildman–Crippen MR) is 205 cm³/mol. The second-order valence-corrected chi connectivity index (χ2v) is 14.7. The maximum Gasteiger partial charge on any atom is 0.306 e. The maximum absolute atomic E-state index is 12.7. The molecule has 1 aliphatic rings. The number of carbonyl (C=O) groups is 2. The van der Waals surface area contributed by atoms with Crippen molar-refractivity contribution in [3.8, 4) is 0 Å².